The van der Waals surface area contributed by atoms with Gasteiger partial charge in [-0.2, -0.15) is 0 Å². The Kier molecular flexibility index (Phi) is 5.97. The van der Waals surface area contributed by atoms with Crippen LogP contribution in [-0.4, -0.2) is 30.1 Å². The highest BCUT2D eigenvalue weighted by atomic mass is 127. The minimum absolute atomic E-state index is 0.00935. The maximum Gasteiger partial charge on any atom is 0.328 e. The molecule has 1 atom stereocenters. The molecule has 0 aliphatic heterocycles. The van der Waals surface area contributed by atoms with E-state index < -0.39 is 17.9 Å². The van der Waals surface area contributed by atoms with Gasteiger partial charge in [0.1, 0.15) is 11.8 Å². The Labute approximate surface area is 147 Å². The summed E-state index contributed by atoms with van der Waals surface area (Å²) < 4.78 is 5.85. The minimum Gasteiger partial charge on any atom is -0.508 e. The number of methoxy groups -OCH3 is 1. The van der Waals surface area contributed by atoms with Gasteiger partial charge in [0.25, 0.3) is 5.91 Å². The van der Waals surface area contributed by atoms with Crippen LogP contribution < -0.4 is 5.32 Å². The van der Waals surface area contributed by atoms with Crippen molar-refractivity contribution in [2.24, 2.45) is 0 Å². The molecule has 0 aromatic heterocycles. The average molecular weight is 425 g/mol. The second-order valence-corrected chi connectivity index (χ2v) is 6.18. The number of aromatic hydroxyl groups is 1. The fourth-order valence-electron chi connectivity index (χ4n) is 2.08. The Morgan fingerprint density at radius 3 is 2.52 bits per heavy atom. The van der Waals surface area contributed by atoms with Crippen molar-refractivity contribution in [3.63, 3.8) is 0 Å². The van der Waals surface area contributed by atoms with Gasteiger partial charge in [-0.3, -0.25) is 4.79 Å². The number of carbonyl (C=O) groups excluding carboxylic acids is 2. The normalized spacial score (nSPS) is 11.6. The molecule has 2 N–H and O–H groups in total. The number of nitrogens with one attached hydrogen (secondary N) is 1. The first-order valence-corrected chi connectivity index (χ1v) is 7.99. The van der Waals surface area contributed by atoms with E-state index in [0.29, 0.717) is 6.42 Å². The van der Waals surface area contributed by atoms with Crippen molar-refractivity contribution in [1.29, 1.82) is 0 Å². The van der Waals surface area contributed by atoms with Gasteiger partial charge in [-0.1, -0.05) is 18.2 Å². The Morgan fingerprint density at radius 1 is 1.22 bits per heavy atom. The third kappa shape index (κ3) is 4.95. The summed E-state index contributed by atoms with van der Waals surface area (Å²) >= 11 is 2.20. The van der Waals surface area contributed by atoms with Crippen LogP contribution in [0.2, 0.25) is 0 Å². The van der Waals surface area contributed by atoms with Gasteiger partial charge in [-0.25, -0.2) is 4.79 Å². The van der Waals surface area contributed by atoms with Gasteiger partial charge in [0.15, 0.2) is 0 Å². The molecule has 2 rings (SSSR count). The van der Waals surface area contributed by atoms with Gasteiger partial charge < -0.3 is 15.2 Å². The molecule has 2 aromatic rings. The molecule has 2 aromatic carbocycles. The van der Waals surface area contributed by atoms with Crippen molar-refractivity contribution in [2.75, 3.05) is 7.11 Å². The second kappa shape index (κ2) is 7.96. The first-order valence-electron chi connectivity index (χ1n) is 6.92. The SMILES string of the molecule is COC(=O)[C@@H](Cc1ccc(I)cc1)NC(=O)c1cccc(O)c1. The van der Waals surface area contributed by atoms with Crippen LogP contribution in [0.1, 0.15) is 15.9 Å². The van der Waals surface area contributed by atoms with Gasteiger partial charge in [0.05, 0.1) is 7.11 Å². The fourth-order valence-corrected chi connectivity index (χ4v) is 2.44. The fraction of sp³-hybridized carbons (Fsp3) is 0.176. The molecular weight excluding hydrogens is 409 g/mol. The molecule has 0 radical (unpaired) electrons. The summed E-state index contributed by atoms with van der Waals surface area (Å²) in [6.07, 6.45) is 0.328. The number of hydrogen-bond donors (Lipinski definition) is 2. The summed E-state index contributed by atoms with van der Waals surface area (Å²) in [4.78, 5) is 24.2. The predicted octanol–water partition coefficient (Wildman–Crippen LogP) is 2.51. The zero-order valence-corrected chi connectivity index (χ0v) is 14.6. The minimum atomic E-state index is -0.796. The van der Waals surface area contributed by atoms with Crippen LogP contribution in [0.15, 0.2) is 48.5 Å². The number of ether oxygens (including phenoxy) is 1. The molecule has 0 unspecified atom stereocenters. The summed E-state index contributed by atoms with van der Waals surface area (Å²) in [6.45, 7) is 0. The van der Waals surface area contributed by atoms with E-state index in [2.05, 4.69) is 27.9 Å². The van der Waals surface area contributed by atoms with Crippen molar-refractivity contribution >= 4 is 34.5 Å². The van der Waals surface area contributed by atoms with Crippen LogP contribution in [-0.2, 0) is 16.0 Å². The second-order valence-electron chi connectivity index (χ2n) is 4.93. The number of halogens is 1. The van der Waals surface area contributed by atoms with E-state index in [1.165, 1.54) is 19.2 Å². The van der Waals surface area contributed by atoms with Gasteiger partial charge >= 0.3 is 5.97 Å². The number of hydrogen-bond acceptors (Lipinski definition) is 4. The standard InChI is InChI=1S/C17H16INO4/c1-23-17(22)15(9-11-5-7-13(18)8-6-11)19-16(21)12-3-2-4-14(20)10-12/h2-8,10,15,20H,9H2,1H3,(H,19,21)/t15-/m1/s1. The molecule has 0 fully saturated rings. The number of carbonyl (C=O) groups is 2. The highest BCUT2D eigenvalue weighted by Crippen LogP contribution is 2.13. The first-order chi connectivity index (χ1) is 11.0. The summed E-state index contributed by atoms with van der Waals surface area (Å²) in [6, 6.07) is 12.8. The van der Waals surface area contributed by atoms with Crippen LogP contribution in [0.25, 0.3) is 0 Å². The molecule has 0 saturated heterocycles. The van der Waals surface area contributed by atoms with E-state index >= 15 is 0 Å². The summed E-state index contributed by atoms with van der Waals surface area (Å²) in [5.41, 5.74) is 1.19. The molecule has 0 spiro atoms. The monoisotopic (exact) mass is 425 g/mol. The van der Waals surface area contributed by atoms with Crippen LogP contribution in [0, 0.1) is 3.57 Å². The molecule has 0 saturated carbocycles. The third-order valence-corrected chi connectivity index (χ3v) is 3.97. The first kappa shape index (κ1) is 17.3. The Hall–Kier alpha value is -2.09. The number of rotatable bonds is 5. The molecule has 120 valence electrons. The molecule has 1 amide bonds. The number of phenols is 1. The molecule has 6 heteroatoms. The highest BCUT2D eigenvalue weighted by Gasteiger charge is 2.22. The van der Waals surface area contributed by atoms with Gasteiger partial charge in [0.2, 0.25) is 0 Å². The van der Waals surface area contributed by atoms with Crippen molar-refractivity contribution in [3.05, 3.63) is 63.2 Å². The van der Waals surface area contributed by atoms with E-state index in [9.17, 15) is 14.7 Å². The van der Waals surface area contributed by atoms with Crippen molar-refractivity contribution in [1.82, 2.24) is 5.32 Å². The van der Waals surface area contributed by atoms with Crippen molar-refractivity contribution < 1.29 is 19.4 Å². The molecule has 5 nitrogen and oxygen atoms in total. The molecule has 23 heavy (non-hydrogen) atoms. The quantitative estimate of drug-likeness (QED) is 0.571. The lowest BCUT2D eigenvalue weighted by Crippen LogP contribution is -2.43. The Balaban J connectivity index is 2.13. The van der Waals surface area contributed by atoms with Gasteiger partial charge in [-0.05, 0) is 58.5 Å². The smallest absolute Gasteiger partial charge is 0.328 e. The van der Waals surface area contributed by atoms with Crippen molar-refractivity contribution in [3.8, 4) is 5.75 Å². The molecule has 0 heterocycles. The van der Waals surface area contributed by atoms with Crippen LogP contribution in [0.5, 0.6) is 5.75 Å². The predicted molar refractivity (Wildman–Crippen MR) is 94.2 cm³/mol. The topological polar surface area (TPSA) is 75.6 Å². The summed E-state index contributed by atoms with van der Waals surface area (Å²) in [5.74, 6) is -0.969. The summed E-state index contributed by atoms with van der Waals surface area (Å²) in [7, 11) is 1.28. The third-order valence-electron chi connectivity index (χ3n) is 3.25. The maximum atomic E-state index is 12.2. The van der Waals surface area contributed by atoms with Crippen LogP contribution in [0.3, 0.4) is 0 Å². The average Bonchev–Trinajstić information content (AvgIpc) is 2.55. The largest absolute Gasteiger partial charge is 0.508 e. The lowest BCUT2D eigenvalue weighted by Gasteiger charge is -2.17. The van der Waals surface area contributed by atoms with E-state index in [4.69, 9.17) is 4.74 Å². The van der Waals surface area contributed by atoms with Crippen LogP contribution >= 0.6 is 22.6 Å². The zero-order chi connectivity index (χ0) is 16.8. The van der Waals surface area contributed by atoms with Crippen molar-refractivity contribution in [2.45, 2.75) is 12.5 Å². The maximum absolute atomic E-state index is 12.2. The number of phenolic OH excluding ortho intramolecular Hbond substituents is 1. The van der Waals surface area contributed by atoms with E-state index in [-0.39, 0.29) is 11.3 Å². The number of benzene rings is 2. The lowest BCUT2D eigenvalue weighted by atomic mass is 10.1. The zero-order valence-electron chi connectivity index (χ0n) is 12.5. The van der Waals surface area contributed by atoms with E-state index in [1.807, 2.05) is 24.3 Å². The van der Waals surface area contributed by atoms with Gasteiger partial charge in [0, 0.05) is 15.6 Å². The summed E-state index contributed by atoms with van der Waals surface area (Å²) in [5, 5.41) is 12.1. The highest BCUT2D eigenvalue weighted by molar-refractivity contribution is 14.1. The molecule has 0 aliphatic carbocycles. The van der Waals surface area contributed by atoms with Crippen LogP contribution in [0.4, 0.5) is 0 Å². The number of esters is 1. The molecule has 0 aliphatic rings. The van der Waals surface area contributed by atoms with E-state index in [0.717, 1.165) is 9.13 Å². The van der Waals surface area contributed by atoms with Gasteiger partial charge in [-0.15, -0.1) is 0 Å². The van der Waals surface area contributed by atoms with E-state index in [1.54, 1.807) is 12.1 Å². The lowest BCUT2D eigenvalue weighted by molar-refractivity contribution is -0.142. The number of amides is 1. The Bertz CT molecular complexity index is 700. The molecule has 0 bridgehead atoms. The molecular formula is C17H16INO4. The Morgan fingerprint density at radius 2 is 1.91 bits per heavy atom.